The molecular weight excluding hydrogens is 424 g/mol. The Balaban J connectivity index is 1.17. The molecule has 0 radical (unpaired) electrons. The van der Waals surface area contributed by atoms with Crippen LogP contribution in [0.25, 0.3) is 11.0 Å². The van der Waals surface area contributed by atoms with E-state index in [9.17, 15) is 4.79 Å². The van der Waals surface area contributed by atoms with Crippen LogP contribution in [0.2, 0.25) is 0 Å². The average Bonchev–Trinajstić information content (AvgIpc) is 3.38. The van der Waals surface area contributed by atoms with Gasteiger partial charge in [0.05, 0.1) is 5.69 Å². The molecule has 6 rings (SSSR count). The molecule has 0 bridgehead atoms. The van der Waals surface area contributed by atoms with E-state index in [4.69, 9.17) is 0 Å². The van der Waals surface area contributed by atoms with Gasteiger partial charge < -0.3 is 9.80 Å². The average molecular weight is 459 g/mol. The number of aromatic amines is 1. The van der Waals surface area contributed by atoms with Crippen molar-refractivity contribution in [2.75, 3.05) is 42.5 Å². The van der Waals surface area contributed by atoms with Crippen LogP contribution in [0, 0.1) is 5.92 Å². The zero-order valence-corrected chi connectivity index (χ0v) is 19.8. The Morgan fingerprint density at radius 3 is 2.53 bits per heavy atom. The zero-order valence-electron chi connectivity index (χ0n) is 19.8. The van der Waals surface area contributed by atoms with Crippen LogP contribution in [0.5, 0.6) is 0 Å². The van der Waals surface area contributed by atoms with Crippen LogP contribution in [0.4, 0.5) is 11.4 Å². The van der Waals surface area contributed by atoms with Crippen LogP contribution in [0.3, 0.4) is 0 Å². The van der Waals surface area contributed by atoms with Gasteiger partial charge in [0.15, 0.2) is 0 Å². The Hall–Kier alpha value is -2.93. The van der Waals surface area contributed by atoms with Crippen molar-refractivity contribution < 1.29 is 4.79 Å². The third kappa shape index (κ3) is 4.06. The maximum absolute atomic E-state index is 13.8. The number of aromatic nitrogens is 3. The molecule has 1 aliphatic carbocycles. The first-order chi connectivity index (χ1) is 16.8. The van der Waals surface area contributed by atoms with Crippen LogP contribution in [0.1, 0.15) is 44.1 Å². The number of amides is 1. The summed E-state index contributed by atoms with van der Waals surface area (Å²) in [6.45, 7) is 4.88. The number of hydrogen-bond acceptors (Lipinski definition) is 5. The Labute approximate surface area is 201 Å². The molecule has 1 saturated heterocycles. The van der Waals surface area contributed by atoms with Gasteiger partial charge in [-0.3, -0.25) is 9.69 Å². The number of rotatable bonds is 4. The largest absolute Gasteiger partial charge is 0.367 e. The van der Waals surface area contributed by atoms with E-state index in [1.54, 1.807) is 0 Å². The molecule has 3 heterocycles. The molecular formula is C27H34N6O. The maximum Gasteiger partial charge on any atom is 0.230 e. The van der Waals surface area contributed by atoms with Gasteiger partial charge in [-0.2, -0.15) is 15.4 Å². The number of H-pyrrole nitrogens is 1. The summed E-state index contributed by atoms with van der Waals surface area (Å²) in [5.41, 5.74) is 5.51. The number of hydrogen-bond donors (Lipinski definition) is 1. The van der Waals surface area contributed by atoms with E-state index in [0.29, 0.717) is 5.91 Å². The zero-order chi connectivity index (χ0) is 22.9. The van der Waals surface area contributed by atoms with Crippen molar-refractivity contribution in [1.29, 1.82) is 0 Å². The number of benzene rings is 2. The van der Waals surface area contributed by atoms with Gasteiger partial charge in [0.1, 0.15) is 11.0 Å². The minimum atomic E-state index is 0.196. The van der Waals surface area contributed by atoms with E-state index in [1.165, 1.54) is 24.8 Å². The fourth-order valence-electron chi connectivity index (χ4n) is 6.20. The molecule has 1 N–H and O–H groups in total. The third-order valence-electron chi connectivity index (χ3n) is 8.06. The molecule has 7 nitrogen and oxygen atoms in total. The number of nitrogens with zero attached hydrogens (tertiary/aromatic N) is 5. The fraction of sp³-hybridized carbons (Fsp3) is 0.519. The van der Waals surface area contributed by atoms with E-state index in [2.05, 4.69) is 66.5 Å². The molecule has 1 atom stereocenters. The molecule has 1 aromatic heterocycles. The van der Waals surface area contributed by atoms with E-state index in [1.807, 2.05) is 6.07 Å². The van der Waals surface area contributed by atoms with Crippen LogP contribution >= 0.6 is 0 Å². The second-order valence-corrected chi connectivity index (χ2v) is 10.1. The van der Waals surface area contributed by atoms with Crippen molar-refractivity contribution in [2.45, 2.75) is 51.0 Å². The normalized spacial score (nSPS) is 22.2. The highest BCUT2D eigenvalue weighted by Crippen LogP contribution is 2.35. The quantitative estimate of drug-likeness (QED) is 0.640. The molecule has 3 aliphatic rings. The van der Waals surface area contributed by atoms with Crippen LogP contribution in [-0.2, 0) is 11.2 Å². The number of nitrogens with one attached hydrogen (secondary N) is 1. The number of carbonyl (C=O) groups is 1. The lowest BCUT2D eigenvalue weighted by molar-refractivity contribution is -0.124. The van der Waals surface area contributed by atoms with Crippen LogP contribution < -0.4 is 9.80 Å². The second kappa shape index (κ2) is 9.37. The van der Waals surface area contributed by atoms with Crippen molar-refractivity contribution in [1.82, 2.24) is 20.3 Å². The Bertz CT molecular complexity index is 1140. The van der Waals surface area contributed by atoms with Gasteiger partial charge in [0.2, 0.25) is 5.91 Å². The SMILES string of the molecule is O=C(C1CCCCC1)N1c2ccccc2CCC1CN1CCN(c2cccc3n[nH]nc23)CC1. The highest BCUT2D eigenvalue weighted by atomic mass is 16.2. The highest BCUT2D eigenvalue weighted by Gasteiger charge is 2.36. The minimum Gasteiger partial charge on any atom is -0.367 e. The van der Waals surface area contributed by atoms with Crippen molar-refractivity contribution in [3.63, 3.8) is 0 Å². The number of carbonyl (C=O) groups excluding carboxylic acids is 1. The van der Waals surface area contributed by atoms with E-state index < -0.39 is 0 Å². The van der Waals surface area contributed by atoms with Gasteiger partial charge >= 0.3 is 0 Å². The lowest BCUT2D eigenvalue weighted by Gasteiger charge is -2.43. The Morgan fingerprint density at radius 1 is 0.882 bits per heavy atom. The summed E-state index contributed by atoms with van der Waals surface area (Å²) >= 11 is 0. The fourth-order valence-corrected chi connectivity index (χ4v) is 6.20. The molecule has 0 spiro atoms. The first kappa shape index (κ1) is 21.6. The number of fused-ring (bicyclic) bond motifs is 2. The summed E-state index contributed by atoms with van der Waals surface area (Å²) in [5, 5.41) is 11.4. The summed E-state index contributed by atoms with van der Waals surface area (Å²) in [5.74, 6) is 0.565. The second-order valence-electron chi connectivity index (χ2n) is 10.1. The molecule has 1 unspecified atom stereocenters. The summed E-state index contributed by atoms with van der Waals surface area (Å²) in [4.78, 5) is 21.0. The number of para-hydroxylation sites is 2. The number of aryl methyl sites for hydroxylation is 1. The summed E-state index contributed by atoms with van der Waals surface area (Å²) in [6.07, 6.45) is 7.87. The minimum absolute atomic E-state index is 0.196. The topological polar surface area (TPSA) is 68.4 Å². The smallest absolute Gasteiger partial charge is 0.230 e. The van der Waals surface area contributed by atoms with Crippen LogP contribution in [0.15, 0.2) is 42.5 Å². The van der Waals surface area contributed by atoms with Gasteiger partial charge in [-0.1, -0.05) is 43.5 Å². The molecule has 2 aromatic carbocycles. The van der Waals surface area contributed by atoms with E-state index in [-0.39, 0.29) is 12.0 Å². The monoisotopic (exact) mass is 458 g/mol. The van der Waals surface area contributed by atoms with Gasteiger partial charge in [-0.15, -0.1) is 0 Å². The lowest BCUT2D eigenvalue weighted by atomic mass is 9.86. The lowest BCUT2D eigenvalue weighted by Crippen LogP contribution is -2.55. The van der Waals surface area contributed by atoms with Gasteiger partial charge in [0, 0.05) is 50.4 Å². The first-order valence-electron chi connectivity index (χ1n) is 13.0. The van der Waals surface area contributed by atoms with E-state index in [0.717, 1.165) is 80.8 Å². The van der Waals surface area contributed by atoms with Gasteiger partial charge in [-0.05, 0) is 49.4 Å². The Morgan fingerprint density at radius 2 is 1.68 bits per heavy atom. The molecule has 2 aliphatic heterocycles. The van der Waals surface area contributed by atoms with Crippen LogP contribution in [-0.4, -0.2) is 65.0 Å². The number of anilines is 2. The predicted octanol–water partition coefficient (Wildman–Crippen LogP) is 4.01. The summed E-state index contributed by atoms with van der Waals surface area (Å²) < 4.78 is 0. The predicted molar refractivity (Wildman–Crippen MR) is 135 cm³/mol. The van der Waals surface area contributed by atoms with Crippen molar-refractivity contribution in [2.24, 2.45) is 5.92 Å². The molecule has 2 fully saturated rings. The molecule has 178 valence electrons. The Kier molecular flexibility index (Phi) is 5.95. The van der Waals surface area contributed by atoms with Gasteiger partial charge in [0.25, 0.3) is 0 Å². The molecule has 34 heavy (non-hydrogen) atoms. The number of piperazine rings is 1. The standard InChI is InChI=1S/C27H34N6O/c34-27(21-8-2-1-3-9-21)33-22(14-13-20-7-4-5-11-24(20)33)19-31-15-17-32(18-16-31)25-12-6-10-23-26(25)29-30-28-23/h4-7,10-12,21-22H,1-3,8-9,13-19H2,(H,28,29,30). The molecule has 3 aromatic rings. The molecule has 1 saturated carbocycles. The molecule has 7 heteroatoms. The van der Waals surface area contributed by atoms with Crippen molar-refractivity contribution in [3.05, 3.63) is 48.0 Å². The van der Waals surface area contributed by atoms with Crippen molar-refractivity contribution >= 4 is 28.3 Å². The molecule has 1 amide bonds. The van der Waals surface area contributed by atoms with Crippen molar-refractivity contribution in [3.8, 4) is 0 Å². The summed E-state index contributed by atoms with van der Waals surface area (Å²) in [6, 6.07) is 15.0. The maximum atomic E-state index is 13.8. The van der Waals surface area contributed by atoms with E-state index >= 15 is 0 Å². The first-order valence-corrected chi connectivity index (χ1v) is 13.0. The van der Waals surface area contributed by atoms with Gasteiger partial charge in [-0.25, -0.2) is 0 Å². The highest BCUT2D eigenvalue weighted by molar-refractivity contribution is 5.97. The third-order valence-corrected chi connectivity index (χ3v) is 8.06. The summed E-state index contributed by atoms with van der Waals surface area (Å²) in [7, 11) is 0.